The van der Waals surface area contributed by atoms with Gasteiger partial charge < -0.3 is 9.88 Å². The summed E-state index contributed by atoms with van der Waals surface area (Å²) in [5.41, 5.74) is 4.44. The molecule has 1 N–H and O–H groups in total. The lowest BCUT2D eigenvalue weighted by Gasteiger charge is -2.08. The van der Waals surface area contributed by atoms with Crippen molar-refractivity contribution in [1.82, 2.24) is 14.9 Å². The molecule has 4 heteroatoms. The molecule has 0 bridgehead atoms. The van der Waals surface area contributed by atoms with Crippen molar-refractivity contribution in [1.29, 1.82) is 0 Å². The molecule has 3 aromatic rings. The highest BCUT2D eigenvalue weighted by atomic mass is 16.1. The van der Waals surface area contributed by atoms with E-state index in [1.54, 1.807) is 6.20 Å². The minimum atomic E-state index is -0.0146. The fourth-order valence-corrected chi connectivity index (χ4v) is 2.88. The van der Waals surface area contributed by atoms with Gasteiger partial charge >= 0.3 is 0 Å². The minimum Gasteiger partial charge on any atom is -0.352 e. The Morgan fingerprint density at radius 1 is 1.00 bits per heavy atom. The van der Waals surface area contributed by atoms with Crippen molar-refractivity contribution < 1.29 is 4.79 Å². The number of carbonyl (C=O) groups is 1. The van der Waals surface area contributed by atoms with E-state index in [0.717, 1.165) is 30.8 Å². The molecule has 0 aliphatic carbocycles. The predicted molar refractivity (Wildman–Crippen MR) is 104 cm³/mol. The topological polar surface area (TPSA) is 46.9 Å². The zero-order chi connectivity index (χ0) is 18.4. The van der Waals surface area contributed by atoms with Gasteiger partial charge in [-0.05, 0) is 49.9 Å². The lowest BCUT2D eigenvalue weighted by molar-refractivity contribution is 0.0953. The molecule has 0 fully saturated rings. The first-order valence-electron chi connectivity index (χ1n) is 9.02. The van der Waals surface area contributed by atoms with E-state index >= 15 is 0 Å². The van der Waals surface area contributed by atoms with E-state index in [-0.39, 0.29) is 5.91 Å². The van der Waals surface area contributed by atoms with Crippen molar-refractivity contribution in [2.45, 2.75) is 33.2 Å². The van der Waals surface area contributed by atoms with E-state index in [1.165, 1.54) is 11.1 Å². The lowest BCUT2D eigenvalue weighted by Crippen LogP contribution is -2.24. The summed E-state index contributed by atoms with van der Waals surface area (Å²) < 4.78 is 2.08. The summed E-state index contributed by atoms with van der Waals surface area (Å²) in [4.78, 5) is 16.5. The summed E-state index contributed by atoms with van der Waals surface area (Å²) in [6.45, 7) is 5.53. The Bertz CT molecular complexity index is 848. The van der Waals surface area contributed by atoms with Crippen LogP contribution in [0.5, 0.6) is 0 Å². The standard InChI is InChI=1S/C22H25N3O/c1-17-5-7-19(8-6-17)4-3-13-24-22(26)21-11-9-20(10-12-21)16-25-15-14-23-18(25)2/h5-12,14-15H,3-4,13,16H2,1-2H3,(H,24,26). The molecule has 1 heterocycles. The van der Waals surface area contributed by atoms with E-state index in [2.05, 4.69) is 46.1 Å². The molecule has 0 aliphatic rings. The molecule has 0 unspecified atom stereocenters. The number of hydrogen-bond donors (Lipinski definition) is 1. The molecule has 0 saturated carbocycles. The highest BCUT2D eigenvalue weighted by molar-refractivity contribution is 5.94. The van der Waals surface area contributed by atoms with Crippen molar-refractivity contribution in [3.05, 3.63) is 89.0 Å². The van der Waals surface area contributed by atoms with Crippen LogP contribution < -0.4 is 5.32 Å². The normalized spacial score (nSPS) is 10.7. The molecule has 0 spiro atoms. The molecule has 134 valence electrons. The van der Waals surface area contributed by atoms with Crippen LogP contribution in [0.1, 0.15) is 39.3 Å². The number of nitrogens with one attached hydrogen (secondary N) is 1. The number of aryl methyl sites for hydroxylation is 3. The molecule has 3 rings (SSSR count). The first kappa shape index (κ1) is 17.9. The number of imidazole rings is 1. The van der Waals surface area contributed by atoms with Gasteiger partial charge in [0, 0.05) is 31.0 Å². The van der Waals surface area contributed by atoms with Crippen LogP contribution in [0.15, 0.2) is 60.9 Å². The van der Waals surface area contributed by atoms with Gasteiger partial charge in [0.15, 0.2) is 0 Å². The fraction of sp³-hybridized carbons (Fsp3) is 0.273. The second-order valence-corrected chi connectivity index (χ2v) is 6.64. The summed E-state index contributed by atoms with van der Waals surface area (Å²) in [6, 6.07) is 16.3. The Kier molecular flexibility index (Phi) is 5.84. The monoisotopic (exact) mass is 347 g/mol. The average molecular weight is 347 g/mol. The third-order valence-corrected chi connectivity index (χ3v) is 4.54. The summed E-state index contributed by atoms with van der Waals surface area (Å²) in [7, 11) is 0. The van der Waals surface area contributed by atoms with Gasteiger partial charge in [-0.15, -0.1) is 0 Å². The molecule has 26 heavy (non-hydrogen) atoms. The number of carbonyl (C=O) groups excluding carboxylic acids is 1. The van der Waals surface area contributed by atoms with Gasteiger partial charge in [-0.3, -0.25) is 4.79 Å². The van der Waals surface area contributed by atoms with Gasteiger partial charge in [0.25, 0.3) is 5.91 Å². The van der Waals surface area contributed by atoms with Gasteiger partial charge in [0.1, 0.15) is 5.82 Å². The molecular formula is C22H25N3O. The van der Waals surface area contributed by atoms with Gasteiger partial charge in [0.2, 0.25) is 0 Å². The molecule has 4 nitrogen and oxygen atoms in total. The Balaban J connectivity index is 1.45. The van der Waals surface area contributed by atoms with Crippen molar-refractivity contribution in [2.24, 2.45) is 0 Å². The Morgan fingerprint density at radius 2 is 1.69 bits per heavy atom. The summed E-state index contributed by atoms with van der Waals surface area (Å²) >= 11 is 0. The largest absolute Gasteiger partial charge is 0.352 e. The molecule has 0 aliphatic heterocycles. The quantitative estimate of drug-likeness (QED) is 0.659. The highest BCUT2D eigenvalue weighted by Crippen LogP contribution is 2.09. The first-order valence-corrected chi connectivity index (χ1v) is 9.02. The maximum atomic E-state index is 12.3. The Labute approximate surface area is 154 Å². The predicted octanol–water partition coefficient (Wildman–Crippen LogP) is 3.91. The number of nitrogens with zero attached hydrogens (tertiary/aromatic N) is 2. The number of rotatable bonds is 7. The third-order valence-electron chi connectivity index (χ3n) is 4.54. The number of amides is 1. The SMILES string of the molecule is Cc1ccc(CCCNC(=O)c2ccc(Cn3ccnc3C)cc2)cc1. The third kappa shape index (κ3) is 4.82. The number of aromatic nitrogens is 2. The Morgan fingerprint density at radius 3 is 2.35 bits per heavy atom. The van der Waals surface area contributed by atoms with Crippen molar-refractivity contribution in [3.63, 3.8) is 0 Å². The van der Waals surface area contributed by atoms with Crippen LogP contribution in [-0.2, 0) is 13.0 Å². The van der Waals surface area contributed by atoms with Crippen LogP contribution in [0, 0.1) is 13.8 Å². The fourth-order valence-electron chi connectivity index (χ4n) is 2.88. The molecule has 0 radical (unpaired) electrons. The van der Waals surface area contributed by atoms with Crippen LogP contribution in [0.3, 0.4) is 0 Å². The van der Waals surface area contributed by atoms with Gasteiger partial charge in [0.05, 0.1) is 0 Å². The molecule has 1 aromatic heterocycles. The second kappa shape index (κ2) is 8.48. The highest BCUT2D eigenvalue weighted by Gasteiger charge is 2.05. The molecule has 1 amide bonds. The van der Waals surface area contributed by atoms with E-state index in [1.807, 2.05) is 37.4 Å². The van der Waals surface area contributed by atoms with Crippen LogP contribution in [-0.4, -0.2) is 22.0 Å². The maximum Gasteiger partial charge on any atom is 0.251 e. The Hall–Kier alpha value is -2.88. The zero-order valence-electron chi connectivity index (χ0n) is 15.4. The van der Waals surface area contributed by atoms with Crippen LogP contribution in [0.25, 0.3) is 0 Å². The van der Waals surface area contributed by atoms with E-state index in [9.17, 15) is 4.79 Å². The van der Waals surface area contributed by atoms with E-state index in [4.69, 9.17) is 0 Å². The van der Waals surface area contributed by atoms with E-state index in [0.29, 0.717) is 12.1 Å². The molecule has 0 atom stereocenters. The number of hydrogen-bond acceptors (Lipinski definition) is 2. The van der Waals surface area contributed by atoms with Crippen molar-refractivity contribution >= 4 is 5.91 Å². The van der Waals surface area contributed by atoms with Crippen LogP contribution in [0.2, 0.25) is 0 Å². The lowest BCUT2D eigenvalue weighted by atomic mass is 10.1. The van der Waals surface area contributed by atoms with Gasteiger partial charge in [-0.25, -0.2) is 4.98 Å². The average Bonchev–Trinajstić information content (AvgIpc) is 3.05. The van der Waals surface area contributed by atoms with Gasteiger partial charge in [-0.2, -0.15) is 0 Å². The first-order chi connectivity index (χ1) is 12.6. The molecular weight excluding hydrogens is 322 g/mol. The summed E-state index contributed by atoms with van der Waals surface area (Å²) in [6.07, 6.45) is 5.67. The van der Waals surface area contributed by atoms with Gasteiger partial charge in [-0.1, -0.05) is 42.0 Å². The maximum absolute atomic E-state index is 12.3. The van der Waals surface area contributed by atoms with Crippen molar-refractivity contribution in [2.75, 3.05) is 6.54 Å². The second-order valence-electron chi connectivity index (χ2n) is 6.64. The molecule has 2 aromatic carbocycles. The smallest absolute Gasteiger partial charge is 0.251 e. The van der Waals surface area contributed by atoms with E-state index < -0.39 is 0 Å². The summed E-state index contributed by atoms with van der Waals surface area (Å²) in [5.74, 6) is 0.972. The molecule has 0 saturated heterocycles. The van der Waals surface area contributed by atoms with Crippen LogP contribution >= 0.6 is 0 Å². The minimum absolute atomic E-state index is 0.0146. The zero-order valence-corrected chi connectivity index (χ0v) is 15.4. The van der Waals surface area contributed by atoms with Crippen molar-refractivity contribution in [3.8, 4) is 0 Å². The summed E-state index contributed by atoms with van der Waals surface area (Å²) in [5, 5.41) is 3.00. The van der Waals surface area contributed by atoms with Crippen LogP contribution in [0.4, 0.5) is 0 Å². The number of benzene rings is 2.